The molecule has 2 rings (SSSR count). The van der Waals surface area contributed by atoms with Gasteiger partial charge in [0.25, 0.3) is 0 Å². The van der Waals surface area contributed by atoms with Crippen molar-refractivity contribution in [3.05, 3.63) is 60.2 Å². The maximum absolute atomic E-state index is 13.6. The van der Waals surface area contributed by atoms with Crippen molar-refractivity contribution in [2.24, 2.45) is 0 Å². The molecule has 4 heteroatoms. The van der Waals surface area contributed by atoms with E-state index in [0.29, 0.717) is 0 Å². The van der Waals surface area contributed by atoms with E-state index >= 15 is 0 Å². The van der Waals surface area contributed by atoms with Gasteiger partial charge in [-0.15, -0.1) is 0 Å². The summed E-state index contributed by atoms with van der Waals surface area (Å²) in [4.78, 5) is 0. The van der Waals surface area contributed by atoms with E-state index in [9.17, 15) is 4.11 Å². The minimum atomic E-state index is -2.38. The Morgan fingerprint density at radius 1 is 0.952 bits per heavy atom. The number of benzene rings is 2. The standard InChI is InChI=1S/C11H16FSi.C6H5.HI.Sn/c1-13(2,12)10-6-9-11-7-4-3-5-8-11;1-2-4-6-5-3-1;;/h4-5,7-8H,6,9-10H2,1-2H3;1-5H;1H;/q;;;+1/p-1. The van der Waals surface area contributed by atoms with Crippen LogP contribution in [0.2, 0.25) is 19.1 Å². The van der Waals surface area contributed by atoms with Crippen molar-refractivity contribution >= 4 is 50.0 Å². The molecule has 2 aromatic rings. The van der Waals surface area contributed by atoms with Gasteiger partial charge in [-0.3, -0.25) is 0 Å². The zero-order valence-corrected chi connectivity index (χ0v) is 18.6. The molecule has 0 nitrogen and oxygen atoms in total. The first-order chi connectivity index (χ1) is 9.96. The van der Waals surface area contributed by atoms with E-state index in [0.717, 1.165) is 18.9 Å². The Morgan fingerprint density at radius 3 is 2.10 bits per heavy atom. The molecule has 0 fully saturated rings. The second-order valence-electron chi connectivity index (χ2n) is 5.95. The summed E-state index contributed by atoms with van der Waals surface area (Å²) in [6.07, 6.45) is 1.98. The zero-order valence-electron chi connectivity index (χ0n) is 12.6. The minimum absolute atomic E-state index is 0.770. The van der Waals surface area contributed by atoms with Crippen LogP contribution in [0, 0.1) is 0 Å². The summed E-state index contributed by atoms with van der Waals surface area (Å²) in [6, 6.07) is 20.7. The van der Waals surface area contributed by atoms with Crippen molar-refractivity contribution in [1.29, 1.82) is 0 Å². The van der Waals surface area contributed by atoms with Gasteiger partial charge in [0.2, 0.25) is 0 Å². The van der Waals surface area contributed by atoms with Crippen LogP contribution in [0.4, 0.5) is 4.11 Å². The summed E-state index contributed by atoms with van der Waals surface area (Å²) >= 11 is 0.992. The predicted molar refractivity (Wildman–Crippen MR) is 104 cm³/mol. The predicted octanol–water partition coefficient (Wildman–Crippen LogP) is 4.33. The Balaban J connectivity index is 1.96. The van der Waals surface area contributed by atoms with Crippen LogP contribution in [0.5, 0.6) is 0 Å². The van der Waals surface area contributed by atoms with E-state index in [1.807, 2.05) is 0 Å². The number of halogens is 2. The molecule has 0 spiro atoms. The van der Waals surface area contributed by atoms with Crippen LogP contribution < -0.4 is 7.16 Å². The van der Waals surface area contributed by atoms with E-state index in [2.05, 4.69) is 73.2 Å². The molecule has 0 bridgehead atoms. The number of hydrogen-bond donors (Lipinski definition) is 0. The number of aryl methyl sites for hydroxylation is 1. The summed E-state index contributed by atoms with van der Waals surface area (Å²) in [5, 5.41) is 0. The van der Waals surface area contributed by atoms with Gasteiger partial charge in [-0.2, -0.15) is 0 Å². The molecule has 0 atom stereocenters. The summed E-state index contributed by atoms with van der Waals surface area (Å²) in [5.74, 6) is 0. The monoisotopic (exact) mass is 519 g/mol. The topological polar surface area (TPSA) is 0 Å². The molecule has 21 heavy (non-hydrogen) atoms. The van der Waals surface area contributed by atoms with E-state index in [4.69, 9.17) is 0 Å². The first kappa shape index (κ1) is 17.5. The molecule has 0 aliphatic carbocycles. The molecule has 0 N–H and O–H groups in total. The van der Waals surface area contributed by atoms with Gasteiger partial charge in [0, 0.05) is 0 Å². The van der Waals surface area contributed by atoms with Crippen LogP contribution in [0.25, 0.3) is 0 Å². The van der Waals surface area contributed by atoms with Crippen LogP contribution in [0.15, 0.2) is 54.6 Å². The SMILES string of the molecule is C[Si](C)(F)CCCc1cc[c]([Sn]([I])[c]2ccccc2)cc1. The average Bonchev–Trinajstić information content (AvgIpc) is 2.47. The van der Waals surface area contributed by atoms with Crippen molar-refractivity contribution in [2.45, 2.75) is 32.0 Å². The molecule has 0 aromatic heterocycles. The third-order valence-corrected chi connectivity index (χ3v) is 18.2. The Labute approximate surface area is 145 Å². The quantitative estimate of drug-likeness (QED) is 0.304. The van der Waals surface area contributed by atoms with Gasteiger partial charge in [-0.1, -0.05) is 0 Å². The molecule has 0 unspecified atom stereocenters. The Bertz CT molecular complexity index is 551. The molecule has 1 radical (unpaired) electrons. The third-order valence-electron chi connectivity index (χ3n) is 3.47. The van der Waals surface area contributed by atoms with Crippen molar-refractivity contribution in [3.63, 3.8) is 0 Å². The van der Waals surface area contributed by atoms with Gasteiger partial charge < -0.3 is 0 Å². The fourth-order valence-corrected chi connectivity index (χ4v) is 11.8. The summed E-state index contributed by atoms with van der Waals surface area (Å²) < 4.78 is 16.6. The Kier molecular flexibility index (Phi) is 6.74. The van der Waals surface area contributed by atoms with E-state index < -0.39 is 24.2 Å². The maximum atomic E-state index is 13.6. The van der Waals surface area contributed by atoms with Crippen LogP contribution in [0.1, 0.15) is 12.0 Å². The van der Waals surface area contributed by atoms with Gasteiger partial charge in [-0.05, 0) is 0 Å². The first-order valence-corrected chi connectivity index (χ1v) is 21.6. The third kappa shape index (κ3) is 6.02. The molecule has 0 saturated heterocycles. The molecule has 0 aliphatic rings. The molecule has 2 aromatic carbocycles. The molecule has 0 aliphatic heterocycles. The van der Waals surface area contributed by atoms with Crippen LogP contribution in [-0.4, -0.2) is 24.2 Å². The molecule has 111 valence electrons. The summed E-state index contributed by atoms with van der Waals surface area (Å²) in [7, 11) is -2.38. The van der Waals surface area contributed by atoms with E-state index in [1.165, 1.54) is 12.7 Å². The van der Waals surface area contributed by atoms with Crippen molar-refractivity contribution in [1.82, 2.24) is 0 Å². The van der Waals surface area contributed by atoms with Gasteiger partial charge >= 0.3 is 146 Å². The number of hydrogen-bond acceptors (Lipinski definition) is 0. The van der Waals surface area contributed by atoms with Crippen LogP contribution in [-0.2, 0) is 6.42 Å². The first-order valence-electron chi connectivity index (χ1n) is 7.32. The van der Waals surface area contributed by atoms with Crippen LogP contribution >= 0.6 is 18.6 Å². The Morgan fingerprint density at radius 2 is 1.52 bits per heavy atom. The normalized spacial score (nSPS) is 11.9. The van der Waals surface area contributed by atoms with E-state index in [-0.39, 0.29) is 0 Å². The molecule has 0 amide bonds. The average molecular weight is 518 g/mol. The van der Waals surface area contributed by atoms with Gasteiger partial charge in [0.1, 0.15) is 0 Å². The molecule has 0 saturated carbocycles. The fourth-order valence-electron chi connectivity index (χ4n) is 2.28. The van der Waals surface area contributed by atoms with Crippen LogP contribution in [0.3, 0.4) is 0 Å². The van der Waals surface area contributed by atoms with E-state index in [1.54, 1.807) is 13.1 Å². The van der Waals surface area contributed by atoms with Crippen molar-refractivity contribution in [2.75, 3.05) is 0 Å². The fraction of sp³-hybridized carbons (Fsp3) is 0.294. The zero-order chi connectivity index (χ0) is 15.3. The molecular weight excluding hydrogens is 497 g/mol. The summed E-state index contributed by atoms with van der Waals surface area (Å²) in [6.45, 7) is 3.59. The van der Waals surface area contributed by atoms with Gasteiger partial charge in [0.15, 0.2) is 0 Å². The van der Waals surface area contributed by atoms with Gasteiger partial charge in [-0.25, -0.2) is 0 Å². The molecule has 0 heterocycles. The Hall–Kier alpha value is 0.116. The van der Waals surface area contributed by atoms with Gasteiger partial charge in [0.05, 0.1) is 0 Å². The van der Waals surface area contributed by atoms with Crippen molar-refractivity contribution < 1.29 is 4.11 Å². The summed E-state index contributed by atoms with van der Waals surface area (Å²) in [5.41, 5.74) is 1.35. The van der Waals surface area contributed by atoms with Crippen molar-refractivity contribution in [3.8, 4) is 0 Å². The number of rotatable bonds is 6. The second-order valence-corrected chi connectivity index (χ2v) is 22.2. The molecular formula is C17H21FISiSn. The second kappa shape index (κ2) is 8.10.